The van der Waals surface area contributed by atoms with Crippen molar-refractivity contribution < 1.29 is 9.59 Å². The van der Waals surface area contributed by atoms with Gasteiger partial charge in [-0.2, -0.15) is 0 Å². The minimum atomic E-state index is -0.397. The highest BCUT2D eigenvalue weighted by Gasteiger charge is 2.31. The summed E-state index contributed by atoms with van der Waals surface area (Å²) in [5, 5.41) is 6.30. The third kappa shape index (κ3) is 3.54. The average molecular weight is 310 g/mol. The first-order chi connectivity index (χ1) is 10.0. The molecule has 2 amide bonds. The van der Waals surface area contributed by atoms with Crippen molar-refractivity contribution in [3.05, 3.63) is 28.8 Å². The molecule has 1 aromatic carbocycles. The van der Waals surface area contributed by atoms with Crippen LogP contribution >= 0.6 is 11.6 Å². The summed E-state index contributed by atoms with van der Waals surface area (Å²) in [5.41, 5.74) is 1.75. The Hall–Kier alpha value is -1.59. The molecule has 1 unspecified atom stereocenters. The molecule has 1 saturated heterocycles. The van der Waals surface area contributed by atoms with Gasteiger partial charge in [0.15, 0.2) is 0 Å². The summed E-state index contributed by atoms with van der Waals surface area (Å²) in [6, 6.07) is 5.16. The van der Waals surface area contributed by atoms with Crippen molar-refractivity contribution in [1.82, 2.24) is 10.6 Å². The number of nitrogens with zero attached hydrogens (tertiary/aromatic N) is 1. The van der Waals surface area contributed by atoms with Gasteiger partial charge < -0.3 is 10.2 Å². The highest BCUT2D eigenvalue weighted by atomic mass is 35.5. The molecule has 2 N–H and O–H groups in total. The summed E-state index contributed by atoms with van der Waals surface area (Å²) in [7, 11) is 0. The molecule has 6 heteroatoms. The van der Waals surface area contributed by atoms with Crippen LogP contribution in [0.25, 0.3) is 0 Å². The Morgan fingerprint density at radius 1 is 1.43 bits per heavy atom. The van der Waals surface area contributed by atoms with Crippen LogP contribution < -0.4 is 15.5 Å². The molecule has 0 aromatic heterocycles. The van der Waals surface area contributed by atoms with Gasteiger partial charge in [0.2, 0.25) is 11.8 Å². The Morgan fingerprint density at radius 3 is 2.90 bits per heavy atom. The predicted octanol–water partition coefficient (Wildman–Crippen LogP) is 1.69. The molecule has 1 fully saturated rings. The van der Waals surface area contributed by atoms with Crippen LogP contribution in [0.5, 0.6) is 0 Å². The van der Waals surface area contributed by atoms with Crippen molar-refractivity contribution in [2.75, 3.05) is 18.0 Å². The Labute approximate surface area is 129 Å². The van der Waals surface area contributed by atoms with E-state index in [0.29, 0.717) is 11.6 Å². The first-order valence-corrected chi connectivity index (χ1v) is 7.50. The predicted molar refractivity (Wildman–Crippen MR) is 83.4 cm³/mol. The van der Waals surface area contributed by atoms with Crippen LogP contribution in [-0.2, 0) is 16.1 Å². The number of hydrogen-bond acceptors (Lipinski definition) is 4. The van der Waals surface area contributed by atoms with Crippen LogP contribution in [0.1, 0.15) is 25.8 Å². The molecule has 1 aliphatic rings. The van der Waals surface area contributed by atoms with Crippen LogP contribution in [-0.4, -0.2) is 30.9 Å². The van der Waals surface area contributed by atoms with Crippen molar-refractivity contribution >= 4 is 29.1 Å². The third-order valence-electron chi connectivity index (χ3n) is 3.56. The average Bonchev–Trinajstić information content (AvgIpc) is 2.45. The van der Waals surface area contributed by atoms with Crippen LogP contribution in [0.4, 0.5) is 5.69 Å². The van der Waals surface area contributed by atoms with Gasteiger partial charge in [0.25, 0.3) is 0 Å². The molecule has 0 spiro atoms. The second kappa shape index (κ2) is 6.91. The summed E-state index contributed by atoms with van der Waals surface area (Å²) in [6.07, 6.45) is 1.03. The van der Waals surface area contributed by atoms with E-state index in [1.165, 1.54) is 0 Å². The number of benzene rings is 1. The normalized spacial score (nSPS) is 18.8. The van der Waals surface area contributed by atoms with E-state index in [4.69, 9.17) is 11.6 Å². The molecular weight excluding hydrogens is 290 g/mol. The fourth-order valence-corrected chi connectivity index (χ4v) is 2.63. The lowest BCUT2D eigenvalue weighted by Crippen LogP contribution is -2.57. The zero-order valence-corrected chi connectivity index (χ0v) is 13.0. The summed E-state index contributed by atoms with van der Waals surface area (Å²) in [4.78, 5) is 25.3. The second-order valence-electron chi connectivity index (χ2n) is 5.13. The number of nitrogens with one attached hydrogen (secondary N) is 2. The zero-order valence-electron chi connectivity index (χ0n) is 12.3. The fraction of sp³-hybridized carbons (Fsp3) is 0.467. The van der Waals surface area contributed by atoms with Gasteiger partial charge in [-0.15, -0.1) is 0 Å². The molecule has 5 nitrogen and oxygen atoms in total. The van der Waals surface area contributed by atoms with E-state index in [9.17, 15) is 9.59 Å². The van der Waals surface area contributed by atoms with Gasteiger partial charge in [0.05, 0.1) is 6.54 Å². The summed E-state index contributed by atoms with van der Waals surface area (Å²) in [6.45, 7) is 5.54. The third-order valence-corrected chi connectivity index (χ3v) is 3.91. The van der Waals surface area contributed by atoms with E-state index in [1.54, 1.807) is 11.8 Å². The largest absolute Gasteiger partial charge is 0.350 e. The fourth-order valence-electron chi connectivity index (χ4n) is 2.39. The van der Waals surface area contributed by atoms with Crippen molar-refractivity contribution in [2.45, 2.75) is 32.9 Å². The summed E-state index contributed by atoms with van der Waals surface area (Å²) < 4.78 is 0. The molecule has 2 rings (SSSR count). The van der Waals surface area contributed by atoms with E-state index in [0.717, 1.165) is 24.2 Å². The molecule has 1 heterocycles. The lowest BCUT2D eigenvalue weighted by Gasteiger charge is -2.35. The van der Waals surface area contributed by atoms with Crippen molar-refractivity contribution in [2.24, 2.45) is 0 Å². The number of piperazine rings is 1. The maximum atomic E-state index is 11.8. The zero-order chi connectivity index (χ0) is 15.4. The van der Waals surface area contributed by atoms with Crippen molar-refractivity contribution in [3.63, 3.8) is 0 Å². The van der Waals surface area contributed by atoms with Crippen LogP contribution in [0, 0.1) is 0 Å². The van der Waals surface area contributed by atoms with Gasteiger partial charge in [0, 0.05) is 22.8 Å². The van der Waals surface area contributed by atoms with Gasteiger partial charge >= 0.3 is 0 Å². The molecule has 1 aromatic rings. The van der Waals surface area contributed by atoms with Crippen molar-refractivity contribution in [1.29, 1.82) is 0 Å². The molecule has 0 bridgehead atoms. The molecule has 114 valence electrons. The summed E-state index contributed by atoms with van der Waals surface area (Å²) in [5.74, 6) is -0.566. The number of rotatable bonds is 5. The molecule has 1 aliphatic heterocycles. The minimum absolute atomic E-state index is 0.161. The van der Waals surface area contributed by atoms with E-state index in [-0.39, 0.29) is 18.4 Å². The lowest BCUT2D eigenvalue weighted by molar-refractivity contribution is -0.132. The van der Waals surface area contributed by atoms with Crippen LogP contribution in [0.3, 0.4) is 0 Å². The minimum Gasteiger partial charge on any atom is -0.350 e. The number of halogens is 1. The van der Waals surface area contributed by atoms with Gasteiger partial charge in [-0.05, 0) is 32.0 Å². The monoisotopic (exact) mass is 309 g/mol. The number of anilines is 1. The summed E-state index contributed by atoms with van der Waals surface area (Å²) >= 11 is 6.30. The van der Waals surface area contributed by atoms with Gasteiger partial charge in [-0.3, -0.25) is 14.9 Å². The van der Waals surface area contributed by atoms with Gasteiger partial charge in [0.1, 0.15) is 6.04 Å². The molecular formula is C15H20ClN3O2. The first kappa shape index (κ1) is 15.8. The number of hydrogen-bond donors (Lipinski definition) is 2. The second-order valence-corrected chi connectivity index (χ2v) is 5.54. The Morgan fingerprint density at radius 2 is 2.19 bits per heavy atom. The molecule has 21 heavy (non-hydrogen) atoms. The number of imide groups is 1. The van der Waals surface area contributed by atoms with Crippen molar-refractivity contribution in [3.8, 4) is 0 Å². The standard InChI is InChI=1S/C15H20ClN3O2/c1-3-7-17-8-11-12(16)5-4-6-13(11)19-9-14(20)18-15(21)10(19)2/h4-6,10,17H,3,7-9H2,1-2H3,(H,18,20,21). The van der Waals surface area contributed by atoms with E-state index >= 15 is 0 Å². The van der Waals surface area contributed by atoms with Gasteiger partial charge in [-0.1, -0.05) is 24.6 Å². The topological polar surface area (TPSA) is 61.4 Å². The maximum absolute atomic E-state index is 11.8. The van der Waals surface area contributed by atoms with Crippen LogP contribution in [0.2, 0.25) is 5.02 Å². The lowest BCUT2D eigenvalue weighted by atomic mass is 10.1. The molecule has 1 atom stereocenters. The molecule has 0 saturated carbocycles. The Balaban J connectivity index is 2.31. The number of carbonyl (C=O) groups is 2. The highest BCUT2D eigenvalue weighted by Crippen LogP contribution is 2.29. The van der Waals surface area contributed by atoms with Gasteiger partial charge in [-0.25, -0.2) is 0 Å². The van der Waals surface area contributed by atoms with E-state index < -0.39 is 6.04 Å². The maximum Gasteiger partial charge on any atom is 0.249 e. The van der Waals surface area contributed by atoms with E-state index in [1.807, 2.05) is 18.2 Å². The first-order valence-electron chi connectivity index (χ1n) is 7.13. The molecule has 0 aliphatic carbocycles. The number of carbonyl (C=O) groups excluding carboxylic acids is 2. The Kier molecular flexibility index (Phi) is 5.20. The Bertz CT molecular complexity index is 548. The highest BCUT2D eigenvalue weighted by molar-refractivity contribution is 6.31. The molecule has 0 radical (unpaired) electrons. The smallest absolute Gasteiger partial charge is 0.249 e. The SMILES string of the molecule is CCCNCc1c(Cl)cccc1N1CC(=O)NC(=O)C1C. The quantitative estimate of drug-likeness (QED) is 0.642. The number of amides is 2. The van der Waals surface area contributed by atoms with E-state index in [2.05, 4.69) is 17.6 Å². The van der Waals surface area contributed by atoms with Crippen LogP contribution in [0.15, 0.2) is 18.2 Å².